The fraction of sp³-hybridized carbons (Fsp3) is 0.154. The van der Waals surface area contributed by atoms with Crippen molar-refractivity contribution in [2.45, 2.75) is 39.3 Å². The standard InChI is InChI=1S/C52H48N2O2/c1-53(33-39-19-7-3-8-20-39,34-40-21-9-4-10-22-40)37-45-31-43-27-15-17-29-47(43)49(51(45)55)50-48-30-18-16-28-44(48)32-46(52(50)56)38-54(2,35-41-23-11-5-12-24-41)36-42-25-13-6-14-26-42/h3-32H,33-38H2,1-2H3/p+2. The van der Waals surface area contributed by atoms with Gasteiger partial charge < -0.3 is 19.2 Å². The maximum absolute atomic E-state index is 12.7. The van der Waals surface area contributed by atoms with Gasteiger partial charge in [0.2, 0.25) is 0 Å². The van der Waals surface area contributed by atoms with Crippen molar-refractivity contribution in [3.8, 4) is 22.6 Å². The summed E-state index contributed by atoms with van der Waals surface area (Å²) >= 11 is 0. The molecule has 0 spiro atoms. The highest BCUT2D eigenvalue weighted by Gasteiger charge is 2.31. The Morgan fingerprint density at radius 1 is 0.339 bits per heavy atom. The third-order valence-corrected chi connectivity index (χ3v) is 11.2. The van der Waals surface area contributed by atoms with Crippen LogP contribution in [0.1, 0.15) is 33.4 Å². The number of hydrogen-bond acceptors (Lipinski definition) is 2. The molecule has 0 fully saturated rings. The van der Waals surface area contributed by atoms with Gasteiger partial charge in [0.15, 0.2) is 0 Å². The van der Waals surface area contributed by atoms with E-state index in [2.05, 4.69) is 184 Å². The van der Waals surface area contributed by atoms with E-state index >= 15 is 0 Å². The smallest absolute Gasteiger partial charge is 0.133 e. The number of phenols is 2. The van der Waals surface area contributed by atoms with Crippen LogP contribution in [0.5, 0.6) is 11.5 Å². The van der Waals surface area contributed by atoms with Crippen LogP contribution in [0, 0.1) is 0 Å². The van der Waals surface area contributed by atoms with Crippen molar-refractivity contribution in [3.63, 3.8) is 0 Å². The number of rotatable bonds is 13. The maximum Gasteiger partial charge on any atom is 0.133 e. The average Bonchev–Trinajstić information content (AvgIpc) is 3.20. The molecule has 0 aliphatic heterocycles. The average molecular weight is 735 g/mol. The van der Waals surface area contributed by atoms with Gasteiger partial charge in [-0.15, -0.1) is 0 Å². The molecule has 0 aromatic heterocycles. The molecule has 4 nitrogen and oxygen atoms in total. The lowest BCUT2D eigenvalue weighted by Gasteiger charge is -2.36. The first kappa shape index (κ1) is 36.8. The van der Waals surface area contributed by atoms with Gasteiger partial charge in [0.25, 0.3) is 0 Å². The predicted octanol–water partition coefficient (Wildman–Crippen LogP) is 11.8. The van der Waals surface area contributed by atoms with Gasteiger partial charge in [0.1, 0.15) is 50.8 Å². The van der Waals surface area contributed by atoms with E-state index in [9.17, 15) is 10.2 Å². The van der Waals surface area contributed by atoms with Crippen LogP contribution in [-0.2, 0) is 39.3 Å². The number of aromatic hydroxyl groups is 2. The van der Waals surface area contributed by atoms with Crippen LogP contribution in [0.25, 0.3) is 32.7 Å². The summed E-state index contributed by atoms with van der Waals surface area (Å²) in [6.07, 6.45) is 0. The minimum Gasteiger partial charge on any atom is -0.507 e. The molecule has 0 saturated carbocycles. The molecule has 0 atom stereocenters. The van der Waals surface area contributed by atoms with E-state index in [0.29, 0.717) is 33.2 Å². The second-order valence-electron chi connectivity index (χ2n) is 16.1. The Morgan fingerprint density at radius 3 is 0.911 bits per heavy atom. The van der Waals surface area contributed by atoms with Crippen molar-refractivity contribution in [1.82, 2.24) is 0 Å². The lowest BCUT2D eigenvalue weighted by atomic mass is 9.88. The summed E-state index contributed by atoms with van der Waals surface area (Å²) < 4.78 is 1.31. The van der Waals surface area contributed by atoms with Crippen LogP contribution in [0.4, 0.5) is 0 Å². The van der Waals surface area contributed by atoms with Gasteiger partial charge in [-0.05, 0) is 33.7 Å². The quantitative estimate of drug-likeness (QED) is 0.116. The number of hydrogen-bond donors (Lipinski definition) is 2. The minimum absolute atomic E-state index is 0.220. The van der Waals surface area contributed by atoms with E-state index in [0.717, 1.165) is 58.9 Å². The number of nitrogens with zero attached hydrogens (tertiary/aromatic N) is 2. The molecule has 8 aromatic rings. The molecule has 4 heteroatoms. The first-order valence-corrected chi connectivity index (χ1v) is 19.6. The van der Waals surface area contributed by atoms with Crippen molar-refractivity contribution in [2.24, 2.45) is 0 Å². The predicted molar refractivity (Wildman–Crippen MR) is 231 cm³/mol. The highest BCUT2D eigenvalue weighted by atomic mass is 16.3. The third kappa shape index (κ3) is 8.08. The first-order chi connectivity index (χ1) is 27.3. The summed E-state index contributed by atoms with van der Waals surface area (Å²) in [4.78, 5) is 0. The monoisotopic (exact) mass is 734 g/mol. The number of quaternary nitrogens is 2. The van der Waals surface area contributed by atoms with Gasteiger partial charge in [-0.25, -0.2) is 0 Å². The van der Waals surface area contributed by atoms with E-state index in [4.69, 9.17) is 0 Å². The molecule has 0 unspecified atom stereocenters. The Labute approximate surface area is 331 Å². The molecule has 278 valence electrons. The number of benzene rings is 8. The highest BCUT2D eigenvalue weighted by molar-refractivity contribution is 6.10. The summed E-state index contributed by atoms with van der Waals surface area (Å²) in [5.41, 5.74) is 8.06. The Hall–Kier alpha value is -6.20. The summed E-state index contributed by atoms with van der Waals surface area (Å²) in [6.45, 7) is 4.35. The van der Waals surface area contributed by atoms with Crippen molar-refractivity contribution >= 4 is 21.5 Å². The Kier molecular flexibility index (Phi) is 10.4. The fourth-order valence-electron chi connectivity index (χ4n) is 8.79. The molecule has 0 amide bonds. The van der Waals surface area contributed by atoms with E-state index in [1.807, 2.05) is 12.1 Å². The van der Waals surface area contributed by atoms with Crippen molar-refractivity contribution < 1.29 is 19.2 Å². The number of fused-ring (bicyclic) bond motifs is 2. The van der Waals surface area contributed by atoms with Gasteiger partial charge >= 0.3 is 0 Å². The normalized spacial score (nSPS) is 12.0. The zero-order valence-electron chi connectivity index (χ0n) is 32.4. The Morgan fingerprint density at radius 2 is 0.607 bits per heavy atom. The summed E-state index contributed by atoms with van der Waals surface area (Å²) in [6, 6.07) is 63.3. The lowest BCUT2D eigenvalue weighted by Crippen LogP contribution is -2.41. The second-order valence-corrected chi connectivity index (χ2v) is 16.1. The molecule has 0 radical (unpaired) electrons. The third-order valence-electron chi connectivity index (χ3n) is 11.2. The zero-order chi connectivity index (χ0) is 38.5. The van der Waals surface area contributed by atoms with Gasteiger partial charge in [0.05, 0.1) is 14.1 Å². The molecular weight excluding hydrogens is 685 g/mol. The molecule has 0 heterocycles. The van der Waals surface area contributed by atoms with Crippen LogP contribution < -0.4 is 0 Å². The largest absolute Gasteiger partial charge is 0.507 e. The van der Waals surface area contributed by atoms with E-state index in [1.54, 1.807) is 0 Å². The summed E-state index contributed by atoms with van der Waals surface area (Å²) in [5, 5.41) is 29.3. The molecule has 0 aliphatic carbocycles. The Bertz CT molecular complexity index is 2310. The van der Waals surface area contributed by atoms with Crippen molar-refractivity contribution in [2.75, 3.05) is 14.1 Å². The van der Waals surface area contributed by atoms with Gasteiger partial charge in [-0.1, -0.05) is 170 Å². The molecule has 0 aliphatic rings. The van der Waals surface area contributed by atoms with Crippen LogP contribution >= 0.6 is 0 Å². The molecule has 0 saturated heterocycles. The molecule has 8 aromatic carbocycles. The Balaban J connectivity index is 1.28. The van der Waals surface area contributed by atoms with E-state index in [-0.39, 0.29) is 11.5 Å². The molecular formula is C52H50N2O2+2. The molecule has 56 heavy (non-hydrogen) atoms. The summed E-state index contributed by atoms with van der Waals surface area (Å²) in [5.74, 6) is 0.440. The molecule has 0 bridgehead atoms. The van der Waals surface area contributed by atoms with Crippen molar-refractivity contribution in [1.29, 1.82) is 0 Å². The summed E-state index contributed by atoms with van der Waals surface area (Å²) in [7, 11) is 4.56. The fourth-order valence-corrected chi connectivity index (χ4v) is 8.79. The van der Waals surface area contributed by atoms with Crippen LogP contribution in [-0.4, -0.2) is 33.3 Å². The SMILES string of the molecule is C[N+](Cc1ccccc1)(Cc1ccccc1)Cc1cc2ccccc2c(-c2c(O)c(C[N+](C)(Cc3ccccc3)Cc3ccccc3)cc3ccccc23)c1O. The second kappa shape index (κ2) is 15.9. The van der Waals surface area contributed by atoms with Gasteiger partial charge in [-0.2, -0.15) is 0 Å². The van der Waals surface area contributed by atoms with Crippen LogP contribution in [0.3, 0.4) is 0 Å². The molecule has 8 rings (SSSR count). The topological polar surface area (TPSA) is 40.5 Å². The van der Waals surface area contributed by atoms with Gasteiger partial charge in [0, 0.05) is 44.5 Å². The van der Waals surface area contributed by atoms with Crippen molar-refractivity contribution in [3.05, 3.63) is 215 Å². The maximum atomic E-state index is 12.7. The van der Waals surface area contributed by atoms with Crippen LogP contribution in [0.15, 0.2) is 182 Å². The number of phenolic OH excluding ortho intramolecular Hbond substituents is 2. The van der Waals surface area contributed by atoms with Gasteiger partial charge in [-0.3, -0.25) is 0 Å². The van der Waals surface area contributed by atoms with E-state index < -0.39 is 0 Å². The first-order valence-electron chi connectivity index (χ1n) is 19.6. The minimum atomic E-state index is 0.220. The zero-order valence-corrected chi connectivity index (χ0v) is 32.4. The molecule has 2 N–H and O–H groups in total. The highest BCUT2D eigenvalue weighted by Crippen LogP contribution is 2.48. The lowest BCUT2D eigenvalue weighted by molar-refractivity contribution is -0.948. The van der Waals surface area contributed by atoms with Crippen LogP contribution in [0.2, 0.25) is 0 Å². The van der Waals surface area contributed by atoms with E-state index in [1.165, 1.54) is 22.3 Å².